The number of nitrogens with one attached hydrogen (secondary N) is 1. The second kappa shape index (κ2) is 6.86. The average molecular weight is 282 g/mol. The van der Waals surface area contributed by atoms with Gasteiger partial charge >= 0.3 is 0 Å². The lowest BCUT2D eigenvalue weighted by Gasteiger charge is -2.27. The summed E-state index contributed by atoms with van der Waals surface area (Å²) in [6.07, 6.45) is 3.03. The lowest BCUT2D eigenvalue weighted by atomic mass is 9.85. The van der Waals surface area contributed by atoms with Crippen LogP contribution in [0.5, 0.6) is 0 Å². The van der Waals surface area contributed by atoms with Crippen LogP contribution in [-0.2, 0) is 6.54 Å². The van der Waals surface area contributed by atoms with Crippen LogP contribution in [0.3, 0.4) is 0 Å². The Morgan fingerprint density at radius 1 is 1.05 bits per heavy atom. The van der Waals surface area contributed by atoms with Crippen molar-refractivity contribution in [2.24, 2.45) is 5.41 Å². The second-order valence-electron chi connectivity index (χ2n) is 6.94. The molecule has 0 saturated heterocycles. The van der Waals surface area contributed by atoms with E-state index < -0.39 is 0 Å². The molecule has 0 aliphatic heterocycles. The van der Waals surface area contributed by atoms with Crippen molar-refractivity contribution in [1.29, 1.82) is 0 Å². The van der Waals surface area contributed by atoms with Crippen LogP contribution in [0.4, 0.5) is 0 Å². The molecule has 1 heterocycles. The van der Waals surface area contributed by atoms with E-state index in [-0.39, 0.29) is 5.41 Å². The number of pyridine rings is 1. The Kier molecular flexibility index (Phi) is 5.13. The van der Waals surface area contributed by atoms with Crippen LogP contribution >= 0.6 is 0 Å². The summed E-state index contributed by atoms with van der Waals surface area (Å²) in [7, 11) is 0. The first-order chi connectivity index (χ1) is 9.94. The van der Waals surface area contributed by atoms with Crippen molar-refractivity contribution in [2.75, 3.05) is 0 Å². The van der Waals surface area contributed by atoms with Crippen LogP contribution in [-0.4, -0.2) is 4.98 Å². The molecule has 2 aromatic rings. The van der Waals surface area contributed by atoms with Crippen LogP contribution in [0.15, 0.2) is 48.7 Å². The van der Waals surface area contributed by atoms with E-state index in [1.165, 1.54) is 11.1 Å². The molecular weight excluding hydrogens is 256 g/mol. The number of hydrogen-bond donors (Lipinski definition) is 1. The van der Waals surface area contributed by atoms with Crippen LogP contribution in [0.1, 0.15) is 50.1 Å². The largest absolute Gasteiger partial charge is 0.304 e. The monoisotopic (exact) mass is 282 g/mol. The molecule has 112 valence electrons. The Bertz CT molecular complexity index is 538. The highest BCUT2D eigenvalue weighted by atomic mass is 14.9. The number of nitrogens with zero attached hydrogens (tertiary/aromatic N) is 1. The van der Waals surface area contributed by atoms with E-state index in [4.69, 9.17) is 0 Å². The highest BCUT2D eigenvalue weighted by Crippen LogP contribution is 2.29. The molecular formula is C19H26N2. The number of rotatable bonds is 5. The molecule has 0 saturated carbocycles. The third-order valence-corrected chi connectivity index (χ3v) is 3.52. The average Bonchev–Trinajstić information content (AvgIpc) is 2.45. The molecule has 0 spiro atoms. The number of benzene rings is 1. The van der Waals surface area contributed by atoms with Crippen molar-refractivity contribution in [2.45, 2.75) is 46.7 Å². The van der Waals surface area contributed by atoms with Gasteiger partial charge in [0.05, 0.1) is 5.69 Å². The van der Waals surface area contributed by atoms with E-state index in [2.05, 4.69) is 80.5 Å². The SMILES string of the molecule is Cc1ccc(CNC(CC(C)(C)C)c2ccccc2)nc1. The van der Waals surface area contributed by atoms with Gasteiger partial charge < -0.3 is 5.32 Å². The fourth-order valence-electron chi connectivity index (χ4n) is 2.44. The summed E-state index contributed by atoms with van der Waals surface area (Å²) in [4.78, 5) is 4.48. The molecule has 0 aliphatic carbocycles. The summed E-state index contributed by atoms with van der Waals surface area (Å²) in [6, 6.07) is 15.3. The molecule has 1 N–H and O–H groups in total. The normalized spacial score (nSPS) is 13.1. The Labute approximate surface area is 128 Å². The third-order valence-electron chi connectivity index (χ3n) is 3.52. The van der Waals surface area contributed by atoms with Crippen LogP contribution in [0.25, 0.3) is 0 Å². The van der Waals surface area contributed by atoms with Crippen LogP contribution < -0.4 is 5.32 Å². The van der Waals surface area contributed by atoms with Gasteiger partial charge in [0.1, 0.15) is 0 Å². The van der Waals surface area contributed by atoms with Crippen molar-refractivity contribution in [1.82, 2.24) is 10.3 Å². The van der Waals surface area contributed by atoms with Gasteiger partial charge in [0.25, 0.3) is 0 Å². The number of aryl methyl sites for hydroxylation is 1. The topological polar surface area (TPSA) is 24.9 Å². The van der Waals surface area contributed by atoms with Gasteiger partial charge in [-0.1, -0.05) is 57.2 Å². The Hall–Kier alpha value is -1.67. The van der Waals surface area contributed by atoms with Gasteiger partial charge in [-0.25, -0.2) is 0 Å². The smallest absolute Gasteiger partial charge is 0.0542 e. The van der Waals surface area contributed by atoms with Gasteiger partial charge in [0.2, 0.25) is 0 Å². The van der Waals surface area contributed by atoms with E-state index >= 15 is 0 Å². The standard InChI is InChI=1S/C19H26N2/c1-15-10-11-17(20-13-15)14-21-18(12-19(2,3)4)16-8-6-5-7-9-16/h5-11,13,18,21H,12,14H2,1-4H3. The summed E-state index contributed by atoms with van der Waals surface area (Å²) >= 11 is 0. The molecule has 0 fully saturated rings. The highest BCUT2D eigenvalue weighted by Gasteiger charge is 2.19. The van der Waals surface area contributed by atoms with Crippen molar-refractivity contribution in [3.05, 3.63) is 65.5 Å². The maximum absolute atomic E-state index is 4.48. The zero-order chi connectivity index (χ0) is 15.3. The lowest BCUT2D eigenvalue weighted by Crippen LogP contribution is -2.25. The quantitative estimate of drug-likeness (QED) is 0.863. The zero-order valence-electron chi connectivity index (χ0n) is 13.6. The summed E-state index contributed by atoms with van der Waals surface area (Å²) in [5, 5.41) is 3.67. The molecule has 0 aliphatic rings. The Morgan fingerprint density at radius 2 is 1.76 bits per heavy atom. The molecule has 2 rings (SSSR count). The van der Waals surface area contributed by atoms with E-state index in [0.717, 1.165) is 18.7 Å². The van der Waals surface area contributed by atoms with Gasteiger partial charge in [-0.2, -0.15) is 0 Å². The second-order valence-corrected chi connectivity index (χ2v) is 6.94. The lowest BCUT2D eigenvalue weighted by molar-refractivity contribution is 0.309. The fraction of sp³-hybridized carbons (Fsp3) is 0.421. The molecule has 21 heavy (non-hydrogen) atoms. The predicted octanol–water partition coefficient (Wildman–Crippen LogP) is 4.66. The maximum atomic E-state index is 4.48. The molecule has 1 atom stereocenters. The molecule has 0 radical (unpaired) electrons. The molecule has 0 amide bonds. The van der Waals surface area contributed by atoms with Gasteiger partial charge in [-0.3, -0.25) is 4.98 Å². The molecule has 2 heteroatoms. The predicted molar refractivity (Wildman–Crippen MR) is 89.1 cm³/mol. The fourth-order valence-corrected chi connectivity index (χ4v) is 2.44. The zero-order valence-corrected chi connectivity index (χ0v) is 13.6. The molecule has 0 bridgehead atoms. The van der Waals surface area contributed by atoms with Gasteiger partial charge in [0.15, 0.2) is 0 Å². The van der Waals surface area contributed by atoms with E-state index in [1.807, 2.05) is 6.20 Å². The van der Waals surface area contributed by atoms with Crippen molar-refractivity contribution in [3.8, 4) is 0 Å². The van der Waals surface area contributed by atoms with E-state index in [0.29, 0.717) is 6.04 Å². The van der Waals surface area contributed by atoms with E-state index in [1.54, 1.807) is 0 Å². The van der Waals surface area contributed by atoms with Crippen LogP contribution in [0, 0.1) is 12.3 Å². The summed E-state index contributed by atoms with van der Waals surface area (Å²) < 4.78 is 0. The highest BCUT2D eigenvalue weighted by molar-refractivity contribution is 5.20. The molecule has 2 nitrogen and oxygen atoms in total. The minimum absolute atomic E-state index is 0.286. The van der Waals surface area contributed by atoms with Crippen LogP contribution in [0.2, 0.25) is 0 Å². The first-order valence-electron chi connectivity index (χ1n) is 7.64. The van der Waals surface area contributed by atoms with Crippen molar-refractivity contribution < 1.29 is 0 Å². The summed E-state index contributed by atoms with van der Waals surface area (Å²) in [6.45, 7) is 9.73. The van der Waals surface area contributed by atoms with Gasteiger partial charge in [0, 0.05) is 18.8 Å². The molecule has 1 aromatic heterocycles. The summed E-state index contributed by atoms with van der Waals surface area (Å²) in [5.41, 5.74) is 3.93. The Morgan fingerprint density at radius 3 is 2.33 bits per heavy atom. The van der Waals surface area contributed by atoms with Crippen molar-refractivity contribution >= 4 is 0 Å². The van der Waals surface area contributed by atoms with Crippen molar-refractivity contribution in [3.63, 3.8) is 0 Å². The van der Waals surface area contributed by atoms with E-state index in [9.17, 15) is 0 Å². The Balaban J connectivity index is 2.07. The molecule has 1 unspecified atom stereocenters. The first-order valence-corrected chi connectivity index (χ1v) is 7.64. The van der Waals surface area contributed by atoms with Gasteiger partial charge in [-0.15, -0.1) is 0 Å². The van der Waals surface area contributed by atoms with Gasteiger partial charge in [-0.05, 0) is 36.0 Å². The third kappa shape index (κ3) is 5.31. The minimum atomic E-state index is 0.286. The first kappa shape index (κ1) is 15.7. The number of hydrogen-bond acceptors (Lipinski definition) is 2. The molecule has 1 aromatic carbocycles. The number of aromatic nitrogens is 1. The summed E-state index contributed by atoms with van der Waals surface area (Å²) in [5.74, 6) is 0. The minimum Gasteiger partial charge on any atom is -0.304 e. The maximum Gasteiger partial charge on any atom is 0.0542 e.